The zero-order chi connectivity index (χ0) is 8.97. The second-order valence-electron chi connectivity index (χ2n) is 2.27. The van der Waals surface area contributed by atoms with Crippen molar-refractivity contribution in [3.63, 3.8) is 0 Å². The van der Waals surface area contributed by atoms with Crippen LogP contribution in [0.25, 0.3) is 0 Å². The van der Waals surface area contributed by atoms with E-state index in [9.17, 15) is 5.11 Å². The van der Waals surface area contributed by atoms with Crippen molar-refractivity contribution in [1.82, 2.24) is 4.98 Å². The molecule has 0 bridgehead atoms. The number of hydrogen-bond acceptors (Lipinski definition) is 3. The highest BCUT2D eigenvalue weighted by atomic mass is 35.5. The first-order valence-electron chi connectivity index (χ1n) is 3.53. The van der Waals surface area contributed by atoms with Crippen molar-refractivity contribution in [2.45, 2.75) is 6.10 Å². The maximum atomic E-state index is 9.30. The van der Waals surface area contributed by atoms with Crippen LogP contribution in [-0.2, 0) is 0 Å². The minimum atomic E-state index is -0.721. The van der Waals surface area contributed by atoms with Gasteiger partial charge in [0.05, 0.1) is 18.7 Å². The van der Waals surface area contributed by atoms with Crippen molar-refractivity contribution in [2.75, 3.05) is 13.0 Å². The Morgan fingerprint density at radius 3 is 3.00 bits per heavy atom. The smallest absolute Gasteiger partial charge is 0.213 e. The molecule has 0 radical (unpaired) electrons. The standard InChI is InChI=1S/C8H10ClNO2/c1-12-8-4-2-3-6(10-8)7(11)5-9/h2-4,7,11H,5H2,1H3. The Balaban J connectivity index is 2.86. The van der Waals surface area contributed by atoms with E-state index in [4.69, 9.17) is 16.3 Å². The highest BCUT2D eigenvalue weighted by Gasteiger charge is 2.07. The highest BCUT2D eigenvalue weighted by Crippen LogP contribution is 2.14. The number of hydrogen-bond donors (Lipinski definition) is 1. The Morgan fingerprint density at radius 1 is 1.67 bits per heavy atom. The maximum absolute atomic E-state index is 9.30. The third-order valence-electron chi connectivity index (χ3n) is 1.44. The fourth-order valence-electron chi connectivity index (χ4n) is 0.809. The molecule has 0 aliphatic rings. The molecule has 0 spiro atoms. The molecular formula is C8H10ClNO2. The lowest BCUT2D eigenvalue weighted by Crippen LogP contribution is -2.02. The maximum Gasteiger partial charge on any atom is 0.213 e. The van der Waals surface area contributed by atoms with Gasteiger partial charge in [0, 0.05) is 6.07 Å². The molecule has 1 aromatic rings. The fraction of sp³-hybridized carbons (Fsp3) is 0.375. The first-order chi connectivity index (χ1) is 5.77. The van der Waals surface area contributed by atoms with E-state index in [0.717, 1.165) is 0 Å². The minimum Gasteiger partial charge on any atom is -0.481 e. The van der Waals surface area contributed by atoms with Gasteiger partial charge in [0.15, 0.2) is 0 Å². The van der Waals surface area contributed by atoms with Gasteiger partial charge in [-0.3, -0.25) is 0 Å². The lowest BCUT2D eigenvalue weighted by atomic mass is 10.2. The van der Waals surface area contributed by atoms with E-state index < -0.39 is 6.10 Å². The lowest BCUT2D eigenvalue weighted by Gasteiger charge is -2.06. The molecule has 12 heavy (non-hydrogen) atoms. The Hall–Kier alpha value is -0.800. The molecule has 1 unspecified atom stereocenters. The molecule has 0 aliphatic heterocycles. The van der Waals surface area contributed by atoms with Crippen molar-refractivity contribution < 1.29 is 9.84 Å². The summed E-state index contributed by atoms with van der Waals surface area (Å²) in [7, 11) is 1.53. The summed E-state index contributed by atoms with van der Waals surface area (Å²) in [6, 6.07) is 5.18. The average Bonchev–Trinajstić information content (AvgIpc) is 2.17. The molecule has 3 nitrogen and oxygen atoms in total. The van der Waals surface area contributed by atoms with Crippen LogP contribution in [0.1, 0.15) is 11.8 Å². The third kappa shape index (κ3) is 2.09. The summed E-state index contributed by atoms with van der Waals surface area (Å²) in [5.74, 6) is 0.622. The second kappa shape index (κ2) is 4.28. The molecule has 1 N–H and O–H groups in total. The minimum absolute atomic E-state index is 0.139. The zero-order valence-electron chi connectivity index (χ0n) is 6.70. The molecule has 1 atom stereocenters. The first kappa shape index (κ1) is 9.29. The summed E-state index contributed by atoms with van der Waals surface area (Å²) in [6.45, 7) is 0. The molecular weight excluding hydrogens is 178 g/mol. The van der Waals surface area contributed by atoms with Gasteiger partial charge in [0.25, 0.3) is 0 Å². The van der Waals surface area contributed by atoms with Crippen LogP contribution in [0.5, 0.6) is 5.88 Å². The molecule has 1 heterocycles. The topological polar surface area (TPSA) is 42.4 Å². The van der Waals surface area contributed by atoms with E-state index >= 15 is 0 Å². The van der Waals surface area contributed by atoms with Crippen molar-refractivity contribution in [1.29, 1.82) is 0 Å². The van der Waals surface area contributed by atoms with Gasteiger partial charge >= 0.3 is 0 Å². The van der Waals surface area contributed by atoms with Crippen LogP contribution in [0.4, 0.5) is 0 Å². The Labute approximate surface area is 76.0 Å². The van der Waals surface area contributed by atoms with Crippen LogP contribution >= 0.6 is 11.6 Å². The van der Waals surface area contributed by atoms with E-state index in [0.29, 0.717) is 11.6 Å². The van der Waals surface area contributed by atoms with Gasteiger partial charge in [-0.05, 0) is 6.07 Å². The number of methoxy groups -OCH3 is 1. The van der Waals surface area contributed by atoms with Gasteiger partial charge in [-0.2, -0.15) is 0 Å². The number of aliphatic hydroxyl groups is 1. The van der Waals surface area contributed by atoms with Crippen LogP contribution in [0, 0.1) is 0 Å². The summed E-state index contributed by atoms with van der Waals surface area (Å²) in [6.07, 6.45) is -0.721. The van der Waals surface area contributed by atoms with E-state index in [1.54, 1.807) is 18.2 Å². The van der Waals surface area contributed by atoms with E-state index in [-0.39, 0.29) is 5.88 Å². The van der Waals surface area contributed by atoms with Gasteiger partial charge < -0.3 is 9.84 Å². The molecule has 0 saturated heterocycles. The van der Waals surface area contributed by atoms with Gasteiger partial charge in [-0.1, -0.05) is 6.07 Å². The second-order valence-corrected chi connectivity index (χ2v) is 2.58. The van der Waals surface area contributed by atoms with E-state index in [2.05, 4.69) is 4.98 Å². The summed E-state index contributed by atoms with van der Waals surface area (Å²) >= 11 is 5.45. The van der Waals surface area contributed by atoms with E-state index in [1.165, 1.54) is 7.11 Å². The summed E-state index contributed by atoms with van der Waals surface area (Å²) in [5.41, 5.74) is 0.532. The SMILES string of the molecule is COc1cccc(C(O)CCl)n1. The van der Waals surface area contributed by atoms with Gasteiger partial charge in [-0.25, -0.2) is 4.98 Å². The number of rotatable bonds is 3. The molecule has 1 aromatic heterocycles. The van der Waals surface area contributed by atoms with Crippen LogP contribution in [0.2, 0.25) is 0 Å². The number of alkyl halides is 1. The normalized spacial score (nSPS) is 12.6. The Morgan fingerprint density at radius 2 is 2.42 bits per heavy atom. The summed E-state index contributed by atoms with van der Waals surface area (Å²) < 4.78 is 4.88. The molecule has 0 fully saturated rings. The largest absolute Gasteiger partial charge is 0.481 e. The zero-order valence-corrected chi connectivity index (χ0v) is 7.45. The molecule has 1 rings (SSSR count). The summed E-state index contributed by atoms with van der Waals surface area (Å²) in [5, 5.41) is 9.30. The third-order valence-corrected chi connectivity index (χ3v) is 1.73. The van der Waals surface area contributed by atoms with Crippen LogP contribution in [-0.4, -0.2) is 23.1 Å². The number of aromatic nitrogens is 1. The van der Waals surface area contributed by atoms with E-state index in [1.807, 2.05) is 0 Å². The Bertz CT molecular complexity index is 255. The highest BCUT2D eigenvalue weighted by molar-refractivity contribution is 6.18. The van der Waals surface area contributed by atoms with Gasteiger partial charge in [0.1, 0.15) is 6.10 Å². The van der Waals surface area contributed by atoms with Crippen molar-refractivity contribution in [3.05, 3.63) is 23.9 Å². The molecule has 4 heteroatoms. The predicted octanol–water partition coefficient (Wildman–Crippen LogP) is 1.36. The fourth-order valence-corrected chi connectivity index (χ4v) is 0.967. The number of pyridine rings is 1. The van der Waals surface area contributed by atoms with Crippen LogP contribution in [0.3, 0.4) is 0 Å². The van der Waals surface area contributed by atoms with Crippen molar-refractivity contribution in [2.24, 2.45) is 0 Å². The quantitative estimate of drug-likeness (QED) is 0.727. The Kier molecular flexibility index (Phi) is 3.31. The molecule has 66 valence electrons. The van der Waals surface area contributed by atoms with Crippen molar-refractivity contribution in [3.8, 4) is 5.88 Å². The van der Waals surface area contributed by atoms with Crippen LogP contribution in [0.15, 0.2) is 18.2 Å². The molecule has 0 amide bonds. The van der Waals surface area contributed by atoms with Crippen LogP contribution < -0.4 is 4.74 Å². The molecule has 0 saturated carbocycles. The number of aliphatic hydroxyl groups excluding tert-OH is 1. The number of ether oxygens (including phenoxy) is 1. The van der Waals surface area contributed by atoms with Gasteiger partial charge in [-0.15, -0.1) is 11.6 Å². The first-order valence-corrected chi connectivity index (χ1v) is 4.06. The van der Waals surface area contributed by atoms with Crippen molar-refractivity contribution >= 4 is 11.6 Å². The number of nitrogens with zero attached hydrogens (tertiary/aromatic N) is 1. The number of halogens is 1. The predicted molar refractivity (Wildman–Crippen MR) is 46.5 cm³/mol. The van der Waals surface area contributed by atoms with Gasteiger partial charge in [0.2, 0.25) is 5.88 Å². The lowest BCUT2D eigenvalue weighted by molar-refractivity contribution is 0.196. The molecule has 0 aromatic carbocycles. The average molecular weight is 188 g/mol. The monoisotopic (exact) mass is 187 g/mol. The molecule has 0 aliphatic carbocycles. The summed E-state index contributed by atoms with van der Waals surface area (Å²) in [4.78, 5) is 4.01.